The minimum Gasteiger partial charge on any atom is -0.355 e. The molecule has 6 heteroatoms. The second-order valence-electron chi connectivity index (χ2n) is 4.33. The average Bonchev–Trinajstić information content (AvgIpc) is 3.16. The molecule has 21 heavy (non-hydrogen) atoms. The summed E-state index contributed by atoms with van der Waals surface area (Å²) < 4.78 is 18.6. The van der Waals surface area contributed by atoms with Crippen LogP contribution < -0.4 is 5.32 Å². The highest BCUT2D eigenvalue weighted by Crippen LogP contribution is 2.25. The van der Waals surface area contributed by atoms with Gasteiger partial charge in [-0.05, 0) is 17.5 Å². The Balaban J connectivity index is 1.68. The third kappa shape index (κ3) is 3.00. The molecule has 2 heterocycles. The Hall–Kier alpha value is -2.47. The van der Waals surface area contributed by atoms with Gasteiger partial charge in [-0.3, -0.25) is 4.79 Å². The van der Waals surface area contributed by atoms with Crippen molar-refractivity contribution in [3.8, 4) is 10.6 Å². The highest BCUT2D eigenvalue weighted by molar-refractivity contribution is 7.13. The Morgan fingerprint density at radius 2 is 2.14 bits per heavy atom. The van der Waals surface area contributed by atoms with Crippen molar-refractivity contribution in [1.82, 2.24) is 10.5 Å². The van der Waals surface area contributed by atoms with Crippen molar-refractivity contribution >= 4 is 17.2 Å². The van der Waals surface area contributed by atoms with E-state index in [0.717, 1.165) is 4.88 Å². The molecule has 0 aliphatic rings. The summed E-state index contributed by atoms with van der Waals surface area (Å²) in [7, 11) is 0. The maximum absolute atomic E-state index is 13.4. The lowest BCUT2D eigenvalue weighted by atomic mass is 10.2. The van der Waals surface area contributed by atoms with Crippen LogP contribution in [0.5, 0.6) is 0 Å². The number of carbonyl (C=O) groups is 1. The van der Waals surface area contributed by atoms with Crippen molar-refractivity contribution < 1.29 is 13.7 Å². The van der Waals surface area contributed by atoms with E-state index < -0.39 is 5.91 Å². The molecule has 3 aromatic rings. The van der Waals surface area contributed by atoms with Crippen LogP contribution in [0.25, 0.3) is 10.6 Å². The van der Waals surface area contributed by atoms with Crippen molar-refractivity contribution in [1.29, 1.82) is 0 Å². The van der Waals surface area contributed by atoms with Crippen LogP contribution in [0.4, 0.5) is 4.39 Å². The molecule has 0 unspecified atom stereocenters. The lowest BCUT2D eigenvalue weighted by Crippen LogP contribution is -2.23. The molecule has 106 valence electrons. The SMILES string of the molecule is O=C(NCc1ccccc1F)c1cc(-c2cccs2)on1. The molecule has 0 aliphatic heterocycles. The van der Waals surface area contributed by atoms with E-state index in [1.165, 1.54) is 17.4 Å². The molecule has 0 spiro atoms. The Labute approximate surface area is 124 Å². The smallest absolute Gasteiger partial charge is 0.273 e. The summed E-state index contributed by atoms with van der Waals surface area (Å²) in [5.41, 5.74) is 0.600. The predicted octanol–water partition coefficient (Wildman–Crippen LogP) is 3.47. The zero-order valence-corrected chi connectivity index (χ0v) is 11.7. The first-order valence-electron chi connectivity index (χ1n) is 6.26. The maximum atomic E-state index is 13.4. The van der Waals surface area contributed by atoms with Crippen LogP contribution in [0.1, 0.15) is 16.1 Å². The quantitative estimate of drug-likeness (QED) is 0.803. The van der Waals surface area contributed by atoms with Gasteiger partial charge in [-0.15, -0.1) is 11.3 Å². The van der Waals surface area contributed by atoms with Crippen molar-refractivity contribution in [2.45, 2.75) is 6.54 Å². The number of halogens is 1. The number of carbonyl (C=O) groups excluding carboxylic acids is 1. The highest BCUT2D eigenvalue weighted by Gasteiger charge is 2.14. The van der Waals surface area contributed by atoms with Gasteiger partial charge in [0.1, 0.15) is 5.82 Å². The van der Waals surface area contributed by atoms with Gasteiger partial charge in [0, 0.05) is 18.2 Å². The highest BCUT2D eigenvalue weighted by atomic mass is 32.1. The van der Waals surface area contributed by atoms with Crippen LogP contribution in [0.2, 0.25) is 0 Å². The number of amides is 1. The summed E-state index contributed by atoms with van der Waals surface area (Å²) in [5.74, 6) is -0.205. The zero-order valence-electron chi connectivity index (χ0n) is 10.9. The van der Waals surface area contributed by atoms with Crippen LogP contribution in [0.15, 0.2) is 52.4 Å². The molecular formula is C15H11FN2O2S. The molecule has 0 radical (unpaired) electrons. The number of hydrogen-bond donors (Lipinski definition) is 1. The van der Waals surface area contributed by atoms with Crippen molar-refractivity contribution in [2.24, 2.45) is 0 Å². The van der Waals surface area contributed by atoms with E-state index in [4.69, 9.17) is 4.52 Å². The lowest BCUT2D eigenvalue weighted by molar-refractivity contribution is 0.0941. The fourth-order valence-electron chi connectivity index (χ4n) is 1.82. The van der Waals surface area contributed by atoms with Crippen molar-refractivity contribution in [3.63, 3.8) is 0 Å². The average molecular weight is 302 g/mol. The van der Waals surface area contributed by atoms with E-state index in [1.807, 2.05) is 17.5 Å². The van der Waals surface area contributed by atoms with Crippen LogP contribution >= 0.6 is 11.3 Å². The number of rotatable bonds is 4. The fraction of sp³-hybridized carbons (Fsp3) is 0.0667. The monoisotopic (exact) mass is 302 g/mol. The van der Waals surface area contributed by atoms with Gasteiger partial charge < -0.3 is 9.84 Å². The first-order chi connectivity index (χ1) is 10.2. The van der Waals surface area contributed by atoms with Gasteiger partial charge in [0.25, 0.3) is 5.91 Å². The summed E-state index contributed by atoms with van der Waals surface area (Å²) in [6, 6.07) is 11.6. The molecule has 3 rings (SSSR count). The summed E-state index contributed by atoms with van der Waals surface area (Å²) in [4.78, 5) is 12.9. The molecule has 0 aliphatic carbocycles. The van der Waals surface area contributed by atoms with E-state index in [0.29, 0.717) is 11.3 Å². The van der Waals surface area contributed by atoms with Crippen LogP contribution in [0.3, 0.4) is 0 Å². The maximum Gasteiger partial charge on any atom is 0.273 e. The van der Waals surface area contributed by atoms with Crippen LogP contribution in [0, 0.1) is 5.82 Å². The largest absolute Gasteiger partial charge is 0.355 e. The van der Waals surface area contributed by atoms with Gasteiger partial charge in [-0.25, -0.2) is 4.39 Å². The van der Waals surface area contributed by atoms with Crippen molar-refractivity contribution in [3.05, 3.63) is 64.9 Å². The number of benzene rings is 1. The second-order valence-corrected chi connectivity index (χ2v) is 5.28. The zero-order chi connectivity index (χ0) is 14.7. The molecule has 2 aromatic heterocycles. The summed E-state index contributed by atoms with van der Waals surface area (Å²) in [6.07, 6.45) is 0. The second kappa shape index (κ2) is 5.88. The number of nitrogens with one attached hydrogen (secondary N) is 1. The Morgan fingerprint density at radius 1 is 1.29 bits per heavy atom. The first-order valence-corrected chi connectivity index (χ1v) is 7.14. The summed E-state index contributed by atoms with van der Waals surface area (Å²) >= 11 is 1.50. The first kappa shape index (κ1) is 13.5. The Bertz CT molecular complexity index is 753. The van der Waals surface area contributed by atoms with Crippen LogP contribution in [-0.4, -0.2) is 11.1 Å². The summed E-state index contributed by atoms with van der Waals surface area (Å²) in [5, 5.41) is 8.26. The van der Waals surface area contributed by atoms with Gasteiger partial charge in [0.15, 0.2) is 11.5 Å². The lowest BCUT2D eigenvalue weighted by Gasteiger charge is -2.03. The standard InChI is InChI=1S/C15H11FN2O2S/c16-11-5-2-1-4-10(11)9-17-15(19)12-8-13(20-18-12)14-6-3-7-21-14/h1-8H,9H2,(H,17,19). The minimum atomic E-state index is -0.398. The van der Waals surface area contributed by atoms with E-state index in [1.54, 1.807) is 24.3 Å². The van der Waals surface area contributed by atoms with Gasteiger partial charge in [0.05, 0.1) is 4.88 Å². The van der Waals surface area contributed by atoms with Gasteiger partial charge in [0.2, 0.25) is 0 Å². The molecule has 1 aromatic carbocycles. The molecule has 0 fully saturated rings. The van der Waals surface area contributed by atoms with Crippen LogP contribution in [-0.2, 0) is 6.54 Å². The van der Waals surface area contributed by atoms with Gasteiger partial charge >= 0.3 is 0 Å². The van der Waals surface area contributed by atoms with Crippen molar-refractivity contribution in [2.75, 3.05) is 0 Å². The fourth-order valence-corrected chi connectivity index (χ4v) is 2.50. The number of hydrogen-bond acceptors (Lipinski definition) is 4. The Kier molecular flexibility index (Phi) is 3.79. The van der Waals surface area contributed by atoms with Gasteiger partial charge in [-0.2, -0.15) is 0 Å². The molecule has 1 N–H and O–H groups in total. The molecular weight excluding hydrogens is 291 g/mol. The number of thiophene rings is 1. The predicted molar refractivity (Wildman–Crippen MR) is 77.4 cm³/mol. The molecule has 0 saturated heterocycles. The number of aromatic nitrogens is 1. The number of nitrogens with zero attached hydrogens (tertiary/aromatic N) is 1. The van der Waals surface area contributed by atoms with E-state index in [-0.39, 0.29) is 18.1 Å². The molecule has 0 saturated carbocycles. The molecule has 1 amide bonds. The molecule has 0 atom stereocenters. The van der Waals surface area contributed by atoms with Gasteiger partial charge in [-0.1, -0.05) is 29.4 Å². The third-order valence-electron chi connectivity index (χ3n) is 2.90. The van der Waals surface area contributed by atoms with E-state index >= 15 is 0 Å². The molecule has 4 nitrogen and oxygen atoms in total. The molecule has 0 bridgehead atoms. The Morgan fingerprint density at radius 3 is 2.90 bits per heavy atom. The topological polar surface area (TPSA) is 55.1 Å². The summed E-state index contributed by atoms with van der Waals surface area (Å²) in [6.45, 7) is 0.104. The normalized spacial score (nSPS) is 10.5. The van der Waals surface area contributed by atoms with E-state index in [9.17, 15) is 9.18 Å². The third-order valence-corrected chi connectivity index (χ3v) is 3.79. The van der Waals surface area contributed by atoms with E-state index in [2.05, 4.69) is 10.5 Å². The minimum absolute atomic E-state index is 0.104.